The highest BCUT2D eigenvalue weighted by molar-refractivity contribution is 7.07. The van der Waals surface area contributed by atoms with Crippen molar-refractivity contribution in [1.29, 1.82) is 0 Å². The van der Waals surface area contributed by atoms with Crippen LogP contribution in [0.4, 0.5) is 5.82 Å². The van der Waals surface area contributed by atoms with Crippen molar-refractivity contribution in [3.63, 3.8) is 0 Å². The summed E-state index contributed by atoms with van der Waals surface area (Å²) in [6, 6.07) is 3.92. The zero-order chi connectivity index (χ0) is 15.6. The van der Waals surface area contributed by atoms with Gasteiger partial charge in [0.2, 0.25) is 0 Å². The van der Waals surface area contributed by atoms with E-state index in [9.17, 15) is 0 Å². The minimum atomic E-state index is 0.686. The summed E-state index contributed by atoms with van der Waals surface area (Å²) in [6.45, 7) is 4.24. The van der Waals surface area contributed by atoms with Crippen molar-refractivity contribution in [2.75, 3.05) is 18.0 Å². The molecule has 2 aromatic rings. The quantitative estimate of drug-likeness (QED) is 0.557. The number of thiazole rings is 1. The number of anilines is 1. The third-order valence-electron chi connectivity index (χ3n) is 3.69. The Morgan fingerprint density at radius 3 is 2.64 bits per heavy atom. The van der Waals surface area contributed by atoms with Crippen molar-refractivity contribution in [1.82, 2.24) is 9.97 Å². The number of pyridine rings is 1. The predicted octanol–water partition coefficient (Wildman–Crippen LogP) is 5.21. The lowest BCUT2D eigenvalue weighted by molar-refractivity contribution is 0.614. The van der Waals surface area contributed by atoms with Crippen molar-refractivity contribution in [3.8, 4) is 0 Å². The Balaban J connectivity index is 1.89. The van der Waals surface area contributed by atoms with Gasteiger partial charge in [0.15, 0.2) is 0 Å². The van der Waals surface area contributed by atoms with Gasteiger partial charge >= 0.3 is 0 Å². The van der Waals surface area contributed by atoms with E-state index in [1.54, 1.807) is 17.5 Å². The molecule has 3 nitrogen and oxygen atoms in total. The average Bonchev–Trinajstić information content (AvgIpc) is 3.04. The molecule has 22 heavy (non-hydrogen) atoms. The van der Waals surface area contributed by atoms with Gasteiger partial charge in [0.25, 0.3) is 0 Å². The summed E-state index contributed by atoms with van der Waals surface area (Å²) in [6.07, 6.45) is 9.12. The number of aromatic nitrogens is 2. The third-order valence-corrected chi connectivity index (χ3v) is 4.55. The van der Waals surface area contributed by atoms with Crippen LogP contribution in [0.25, 0.3) is 0 Å². The molecule has 0 unspecified atom stereocenters. The molecule has 2 rings (SSSR count). The van der Waals surface area contributed by atoms with Gasteiger partial charge < -0.3 is 4.90 Å². The van der Waals surface area contributed by atoms with Crippen LogP contribution in [0.5, 0.6) is 0 Å². The molecule has 0 aliphatic carbocycles. The van der Waals surface area contributed by atoms with Crippen molar-refractivity contribution in [2.24, 2.45) is 0 Å². The van der Waals surface area contributed by atoms with Crippen LogP contribution in [0.1, 0.15) is 44.7 Å². The SMILES string of the molecule is CCCCCCCN(CCc1cscn1)c1ccc(Cl)cn1. The minimum Gasteiger partial charge on any atom is -0.356 e. The summed E-state index contributed by atoms with van der Waals surface area (Å²) in [7, 11) is 0. The monoisotopic (exact) mass is 337 g/mol. The fraction of sp³-hybridized carbons (Fsp3) is 0.529. The van der Waals surface area contributed by atoms with E-state index in [0.717, 1.165) is 31.0 Å². The number of hydrogen-bond donors (Lipinski definition) is 0. The molecule has 0 aliphatic rings. The van der Waals surface area contributed by atoms with Crippen molar-refractivity contribution in [3.05, 3.63) is 39.9 Å². The van der Waals surface area contributed by atoms with Crippen molar-refractivity contribution >= 4 is 28.8 Å². The molecular weight excluding hydrogens is 314 g/mol. The molecule has 2 heterocycles. The molecule has 0 amide bonds. The van der Waals surface area contributed by atoms with E-state index in [2.05, 4.69) is 27.2 Å². The van der Waals surface area contributed by atoms with Crippen LogP contribution >= 0.6 is 22.9 Å². The molecule has 0 fully saturated rings. The zero-order valence-electron chi connectivity index (χ0n) is 13.2. The average molecular weight is 338 g/mol. The van der Waals surface area contributed by atoms with Gasteiger partial charge in [-0.25, -0.2) is 9.97 Å². The van der Waals surface area contributed by atoms with Gasteiger partial charge in [0.1, 0.15) is 5.82 Å². The maximum Gasteiger partial charge on any atom is 0.128 e. The van der Waals surface area contributed by atoms with Gasteiger partial charge in [-0.1, -0.05) is 44.2 Å². The van der Waals surface area contributed by atoms with Gasteiger partial charge in [-0.05, 0) is 18.6 Å². The van der Waals surface area contributed by atoms with Crippen LogP contribution in [-0.4, -0.2) is 23.1 Å². The molecule has 0 aromatic carbocycles. The summed E-state index contributed by atoms with van der Waals surface area (Å²) in [4.78, 5) is 11.2. The predicted molar refractivity (Wildman–Crippen MR) is 96.0 cm³/mol. The summed E-state index contributed by atoms with van der Waals surface area (Å²) >= 11 is 7.60. The van der Waals surface area contributed by atoms with E-state index < -0.39 is 0 Å². The number of unbranched alkanes of at least 4 members (excludes halogenated alkanes) is 4. The lowest BCUT2D eigenvalue weighted by atomic mass is 10.1. The van der Waals surface area contributed by atoms with E-state index in [1.807, 2.05) is 17.6 Å². The van der Waals surface area contributed by atoms with E-state index in [-0.39, 0.29) is 0 Å². The summed E-state index contributed by atoms with van der Waals surface area (Å²) < 4.78 is 0. The Morgan fingerprint density at radius 2 is 1.95 bits per heavy atom. The Morgan fingerprint density at radius 1 is 1.09 bits per heavy atom. The number of nitrogens with zero attached hydrogens (tertiary/aromatic N) is 3. The van der Waals surface area contributed by atoms with E-state index in [0.29, 0.717) is 5.02 Å². The van der Waals surface area contributed by atoms with Crippen LogP contribution in [0.15, 0.2) is 29.2 Å². The third kappa shape index (κ3) is 5.93. The van der Waals surface area contributed by atoms with E-state index in [1.165, 1.54) is 32.1 Å². The molecule has 0 atom stereocenters. The van der Waals surface area contributed by atoms with Crippen LogP contribution in [0.3, 0.4) is 0 Å². The molecule has 0 aliphatic heterocycles. The molecule has 5 heteroatoms. The summed E-state index contributed by atoms with van der Waals surface area (Å²) in [5, 5.41) is 2.81. The summed E-state index contributed by atoms with van der Waals surface area (Å²) in [5.41, 5.74) is 3.06. The number of halogens is 1. The molecule has 0 radical (unpaired) electrons. The van der Waals surface area contributed by atoms with Gasteiger partial charge in [0, 0.05) is 31.1 Å². The molecule has 0 spiro atoms. The van der Waals surface area contributed by atoms with Gasteiger partial charge in [0.05, 0.1) is 16.2 Å². The topological polar surface area (TPSA) is 29.0 Å². The maximum absolute atomic E-state index is 5.95. The van der Waals surface area contributed by atoms with Gasteiger partial charge in [-0.3, -0.25) is 0 Å². The fourth-order valence-electron chi connectivity index (χ4n) is 2.41. The second-order valence-electron chi connectivity index (χ2n) is 5.47. The van der Waals surface area contributed by atoms with Crippen molar-refractivity contribution < 1.29 is 0 Å². The number of hydrogen-bond acceptors (Lipinski definition) is 4. The van der Waals surface area contributed by atoms with Crippen LogP contribution in [0, 0.1) is 0 Å². The highest BCUT2D eigenvalue weighted by Crippen LogP contribution is 2.16. The minimum absolute atomic E-state index is 0.686. The van der Waals surface area contributed by atoms with Crippen LogP contribution < -0.4 is 4.90 Å². The first kappa shape index (κ1) is 17.2. The maximum atomic E-state index is 5.95. The smallest absolute Gasteiger partial charge is 0.128 e. The molecule has 0 saturated carbocycles. The Bertz CT molecular complexity index is 513. The lowest BCUT2D eigenvalue weighted by Gasteiger charge is -2.23. The van der Waals surface area contributed by atoms with Crippen molar-refractivity contribution in [2.45, 2.75) is 45.4 Å². The fourth-order valence-corrected chi connectivity index (χ4v) is 3.12. The zero-order valence-corrected chi connectivity index (χ0v) is 14.7. The second kappa shape index (κ2) is 9.80. The normalized spacial score (nSPS) is 10.8. The van der Waals surface area contributed by atoms with Gasteiger partial charge in [-0.2, -0.15) is 0 Å². The summed E-state index contributed by atoms with van der Waals surface area (Å²) in [5.74, 6) is 1.01. The van der Waals surface area contributed by atoms with Crippen LogP contribution in [0.2, 0.25) is 5.02 Å². The highest BCUT2D eigenvalue weighted by atomic mass is 35.5. The molecule has 120 valence electrons. The Kier molecular flexibility index (Phi) is 7.67. The Labute approximate surface area is 142 Å². The van der Waals surface area contributed by atoms with E-state index in [4.69, 9.17) is 11.6 Å². The van der Waals surface area contributed by atoms with Gasteiger partial charge in [-0.15, -0.1) is 11.3 Å². The lowest BCUT2D eigenvalue weighted by Crippen LogP contribution is -2.28. The first-order valence-corrected chi connectivity index (χ1v) is 9.35. The number of rotatable bonds is 10. The molecule has 2 aromatic heterocycles. The first-order chi connectivity index (χ1) is 10.8. The largest absolute Gasteiger partial charge is 0.356 e. The second-order valence-corrected chi connectivity index (χ2v) is 6.62. The van der Waals surface area contributed by atoms with Crippen LogP contribution in [-0.2, 0) is 6.42 Å². The highest BCUT2D eigenvalue weighted by Gasteiger charge is 2.09. The molecule has 0 saturated heterocycles. The molecular formula is C17H24ClN3S. The molecule has 0 bridgehead atoms. The Hall–Kier alpha value is -1.13. The molecule has 0 N–H and O–H groups in total. The van der Waals surface area contributed by atoms with E-state index >= 15 is 0 Å². The first-order valence-electron chi connectivity index (χ1n) is 8.03. The standard InChI is InChI=1S/C17H24ClN3S/c1-2-3-4-5-6-10-21(11-9-16-13-22-14-20-16)17-8-7-15(18)12-19-17/h7-8,12-14H,2-6,9-11H2,1H3.